The SMILES string of the molecule is CCNC(=O)c1ccccc1NC(=O)c1ccc(OC)cc1. The van der Waals surface area contributed by atoms with Crippen molar-refractivity contribution in [3.8, 4) is 5.75 Å². The quantitative estimate of drug-likeness (QED) is 0.892. The summed E-state index contributed by atoms with van der Waals surface area (Å²) in [6.07, 6.45) is 0. The first-order valence-corrected chi connectivity index (χ1v) is 6.98. The molecule has 2 amide bonds. The van der Waals surface area contributed by atoms with Gasteiger partial charge in [0, 0.05) is 12.1 Å². The highest BCUT2D eigenvalue weighted by Gasteiger charge is 2.13. The number of anilines is 1. The van der Waals surface area contributed by atoms with E-state index in [1.807, 2.05) is 6.92 Å². The molecule has 0 aliphatic rings. The van der Waals surface area contributed by atoms with E-state index in [1.54, 1.807) is 55.6 Å². The van der Waals surface area contributed by atoms with E-state index in [1.165, 1.54) is 0 Å². The molecular weight excluding hydrogens is 280 g/mol. The maximum atomic E-state index is 12.3. The fourth-order valence-corrected chi connectivity index (χ4v) is 1.98. The van der Waals surface area contributed by atoms with E-state index in [9.17, 15) is 9.59 Å². The molecular formula is C17H18N2O3. The minimum Gasteiger partial charge on any atom is -0.497 e. The maximum absolute atomic E-state index is 12.3. The third-order valence-corrected chi connectivity index (χ3v) is 3.11. The summed E-state index contributed by atoms with van der Waals surface area (Å²) in [6.45, 7) is 2.37. The molecule has 0 bridgehead atoms. The molecule has 0 radical (unpaired) electrons. The van der Waals surface area contributed by atoms with E-state index in [0.717, 1.165) is 0 Å². The maximum Gasteiger partial charge on any atom is 0.255 e. The van der Waals surface area contributed by atoms with Crippen LogP contribution in [0.25, 0.3) is 0 Å². The Hall–Kier alpha value is -2.82. The number of ether oxygens (including phenoxy) is 1. The van der Waals surface area contributed by atoms with Crippen LogP contribution in [0.3, 0.4) is 0 Å². The van der Waals surface area contributed by atoms with Crippen LogP contribution in [-0.4, -0.2) is 25.5 Å². The summed E-state index contributed by atoms with van der Waals surface area (Å²) in [6, 6.07) is 13.7. The molecule has 0 heterocycles. The van der Waals surface area contributed by atoms with Gasteiger partial charge in [-0.3, -0.25) is 9.59 Å². The minimum absolute atomic E-state index is 0.215. The lowest BCUT2D eigenvalue weighted by Crippen LogP contribution is -2.24. The number of amides is 2. The van der Waals surface area contributed by atoms with Crippen LogP contribution < -0.4 is 15.4 Å². The average molecular weight is 298 g/mol. The molecule has 0 unspecified atom stereocenters. The van der Waals surface area contributed by atoms with Crippen LogP contribution >= 0.6 is 0 Å². The summed E-state index contributed by atoms with van der Waals surface area (Å²) in [5.74, 6) is 0.187. The first-order chi connectivity index (χ1) is 10.7. The molecule has 0 aliphatic heterocycles. The summed E-state index contributed by atoms with van der Waals surface area (Å²) in [4.78, 5) is 24.3. The molecule has 5 heteroatoms. The van der Waals surface area contributed by atoms with Crippen LogP contribution in [0.2, 0.25) is 0 Å². The van der Waals surface area contributed by atoms with Crippen molar-refractivity contribution in [3.05, 3.63) is 59.7 Å². The van der Waals surface area contributed by atoms with Gasteiger partial charge in [0.25, 0.3) is 11.8 Å². The molecule has 5 nitrogen and oxygen atoms in total. The lowest BCUT2D eigenvalue weighted by atomic mass is 10.1. The monoisotopic (exact) mass is 298 g/mol. The Kier molecular flexibility index (Phi) is 5.14. The van der Waals surface area contributed by atoms with Crippen molar-refractivity contribution in [2.24, 2.45) is 0 Å². The van der Waals surface area contributed by atoms with Crippen LogP contribution in [-0.2, 0) is 0 Å². The van der Waals surface area contributed by atoms with Crippen molar-refractivity contribution in [3.63, 3.8) is 0 Å². The Morgan fingerprint density at radius 3 is 2.32 bits per heavy atom. The van der Waals surface area contributed by atoms with Crippen LogP contribution in [0.15, 0.2) is 48.5 Å². The summed E-state index contributed by atoms with van der Waals surface area (Å²) in [7, 11) is 1.57. The number of nitrogens with one attached hydrogen (secondary N) is 2. The third kappa shape index (κ3) is 3.63. The molecule has 0 atom stereocenters. The zero-order valence-electron chi connectivity index (χ0n) is 12.6. The Balaban J connectivity index is 2.19. The van der Waals surface area contributed by atoms with Crippen molar-refractivity contribution < 1.29 is 14.3 Å². The molecule has 0 aliphatic carbocycles. The smallest absolute Gasteiger partial charge is 0.255 e. The number of hydrogen-bond acceptors (Lipinski definition) is 3. The van der Waals surface area contributed by atoms with Gasteiger partial charge < -0.3 is 15.4 Å². The Morgan fingerprint density at radius 2 is 1.68 bits per heavy atom. The summed E-state index contributed by atoms with van der Waals surface area (Å²) in [5.41, 5.74) is 1.41. The molecule has 0 spiro atoms. The normalized spacial score (nSPS) is 9.91. The molecule has 2 aromatic carbocycles. The summed E-state index contributed by atoms with van der Waals surface area (Å²) < 4.78 is 5.06. The number of rotatable bonds is 5. The van der Waals surface area contributed by atoms with E-state index in [0.29, 0.717) is 29.1 Å². The van der Waals surface area contributed by atoms with Crippen LogP contribution in [0.5, 0.6) is 5.75 Å². The van der Waals surface area contributed by atoms with Gasteiger partial charge in [-0.15, -0.1) is 0 Å². The van der Waals surface area contributed by atoms with Gasteiger partial charge in [-0.05, 0) is 43.3 Å². The van der Waals surface area contributed by atoms with E-state index in [4.69, 9.17) is 4.74 Å². The number of hydrogen-bond donors (Lipinski definition) is 2. The molecule has 114 valence electrons. The highest BCUT2D eigenvalue weighted by atomic mass is 16.5. The number of benzene rings is 2. The van der Waals surface area contributed by atoms with Gasteiger partial charge in [-0.25, -0.2) is 0 Å². The molecule has 0 saturated carbocycles. The zero-order chi connectivity index (χ0) is 15.9. The standard InChI is InChI=1S/C17H18N2O3/c1-3-18-17(21)14-6-4-5-7-15(14)19-16(20)12-8-10-13(22-2)11-9-12/h4-11H,3H2,1-2H3,(H,18,21)(H,19,20). The van der Waals surface area contributed by atoms with E-state index in [-0.39, 0.29) is 11.8 Å². The van der Waals surface area contributed by atoms with Gasteiger partial charge in [0.2, 0.25) is 0 Å². The molecule has 2 rings (SSSR count). The summed E-state index contributed by atoms with van der Waals surface area (Å²) in [5, 5.41) is 5.49. The lowest BCUT2D eigenvalue weighted by Gasteiger charge is -2.11. The highest BCUT2D eigenvalue weighted by Crippen LogP contribution is 2.17. The summed E-state index contributed by atoms with van der Waals surface area (Å²) >= 11 is 0. The fraction of sp³-hybridized carbons (Fsp3) is 0.176. The molecule has 22 heavy (non-hydrogen) atoms. The van der Waals surface area contributed by atoms with Gasteiger partial charge in [0.1, 0.15) is 5.75 Å². The fourth-order valence-electron chi connectivity index (χ4n) is 1.98. The second-order valence-corrected chi connectivity index (χ2v) is 4.59. The second-order valence-electron chi connectivity index (χ2n) is 4.59. The Labute approximate surface area is 129 Å². The number of para-hydroxylation sites is 1. The van der Waals surface area contributed by atoms with Gasteiger partial charge in [0.15, 0.2) is 0 Å². The second kappa shape index (κ2) is 7.26. The van der Waals surface area contributed by atoms with Crippen molar-refractivity contribution in [1.29, 1.82) is 0 Å². The van der Waals surface area contributed by atoms with Crippen molar-refractivity contribution in [2.45, 2.75) is 6.92 Å². The lowest BCUT2D eigenvalue weighted by molar-refractivity contribution is 0.0956. The van der Waals surface area contributed by atoms with Gasteiger partial charge >= 0.3 is 0 Å². The van der Waals surface area contributed by atoms with E-state index in [2.05, 4.69) is 10.6 Å². The van der Waals surface area contributed by atoms with Crippen molar-refractivity contribution in [1.82, 2.24) is 5.32 Å². The Morgan fingerprint density at radius 1 is 1.00 bits per heavy atom. The minimum atomic E-state index is -0.278. The average Bonchev–Trinajstić information content (AvgIpc) is 2.55. The first kappa shape index (κ1) is 15.6. The predicted octanol–water partition coefficient (Wildman–Crippen LogP) is 2.70. The predicted molar refractivity (Wildman–Crippen MR) is 85.4 cm³/mol. The molecule has 2 N–H and O–H groups in total. The van der Waals surface area contributed by atoms with Crippen LogP contribution in [0.4, 0.5) is 5.69 Å². The number of carbonyl (C=O) groups excluding carboxylic acids is 2. The Bertz CT molecular complexity index is 666. The van der Waals surface area contributed by atoms with E-state index < -0.39 is 0 Å². The van der Waals surface area contributed by atoms with Gasteiger partial charge in [-0.2, -0.15) is 0 Å². The van der Waals surface area contributed by atoms with Crippen molar-refractivity contribution >= 4 is 17.5 Å². The first-order valence-electron chi connectivity index (χ1n) is 6.98. The number of carbonyl (C=O) groups is 2. The van der Waals surface area contributed by atoms with Crippen LogP contribution in [0, 0.1) is 0 Å². The van der Waals surface area contributed by atoms with Gasteiger partial charge in [0.05, 0.1) is 18.4 Å². The van der Waals surface area contributed by atoms with Crippen LogP contribution in [0.1, 0.15) is 27.6 Å². The van der Waals surface area contributed by atoms with Gasteiger partial charge in [-0.1, -0.05) is 12.1 Å². The number of methoxy groups -OCH3 is 1. The topological polar surface area (TPSA) is 67.4 Å². The highest BCUT2D eigenvalue weighted by molar-refractivity contribution is 6.09. The molecule has 2 aromatic rings. The largest absolute Gasteiger partial charge is 0.497 e. The van der Waals surface area contributed by atoms with Crippen molar-refractivity contribution in [2.75, 3.05) is 19.0 Å². The molecule has 0 aromatic heterocycles. The molecule has 0 fully saturated rings. The van der Waals surface area contributed by atoms with E-state index >= 15 is 0 Å². The molecule has 0 saturated heterocycles. The third-order valence-electron chi connectivity index (χ3n) is 3.11. The zero-order valence-corrected chi connectivity index (χ0v) is 12.6.